The van der Waals surface area contributed by atoms with Crippen molar-refractivity contribution in [1.82, 2.24) is 5.32 Å². The Morgan fingerprint density at radius 3 is 2.53 bits per heavy atom. The van der Waals surface area contributed by atoms with Gasteiger partial charge in [0.15, 0.2) is 28.7 Å². The molecule has 1 amide bonds. The number of allylic oxidation sites excluding steroid dienone is 1. The van der Waals surface area contributed by atoms with E-state index in [0.717, 1.165) is 24.8 Å². The number of aliphatic hydroxyl groups is 1. The van der Waals surface area contributed by atoms with Gasteiger partial charge < -0.3 is 34.1 Å². The first-order valence-corrected chi connectivity index (χ1v) is 12.1. The molecular formula is C28H31NO7. The van der Waals surface area contributed by atoms with Crippen molar-refractivity contribution < 1.29 is 33.6 Å². The van der Waals surface area contributed by atoms with E-state index < -0.39 is 5.72 Å². The Bertz CT molecular complexity index is 1250. The van der Waals surface area contributed by atoms with E-state index in [2.05, 4.69) is 5.32 Å². The number of carbonyl (C=O) groups excluding carboxylic acids is 1. The second-order valence-corrected chi connectivity index (χ2v) is 9.21. The largest absolute Gasteiger partial charge is 0.507 e. The minimum Gasteiger partial charge on any atom is -0.507 e. The van der Waals surface area contributed by atoms with Crippen LogP contribution in [0.3, 0.4) is 0 Å². The maximum Gasteiger partial charge on any atom is 0.254 e. The molecular weight excluding hydrogens is 462 g/mol. The average molecular weight is 494 g/mol. The molecule has 190 valence electrons. The zero-order valence-corrected chi connectivity index (χ0v) is 20.9. The Morgan fingerprint density at radius 2 is 1.81 bits per heavy atom. The number of rotatable bonds is 6. The molecule has 1 aliphatic carbocycles. The van der Waals surface area contributed by atoms with Crippen LogP contribution in [0.25, 0.3) is 6.08 Å². The van der Waals surface area contributed by atoms with Crippen molar-refractivity contribution >= 4 is 12.0 Å². The number of hydrogen-bond acceptors (Lipinski definition) is 7. The molecule has 8 nitrogen and oxygen atoms in total. The summed E-state index contributed by atoms with van der Waals surface area (Å²) in [5, 5.41) is 14.4. The minimum absolute atomic E-state index is 0.00437. The van der Waals surface area contributed by atoms with Gasteiger partial charge in [-0.05, 0) is 43.2 Å². The molecule has 2 heterocycles. The van der Waals surface area contributed by atoms with Crippen LogP contribution in [0.4, 0.5) is 0 Å². The van der Waals surface area contributed by atoms with E-state index in [1.54, 1.807) is 32.4 Å². The van der Waals surface area contributed by atoms with Gasteiger partial charge in [0, 0.05) is 29.4 Å². The number of nitrogens with one attached hydrogen (secondary N) is 1. The van der Waals surface area contributed by atoms with Crippen molar-refractivity contribution in [1.29, 1.82) is 0 Å². The Labute approximate surface area is 210 Å². The van der Waals surface area contributed by atoms with Gasteiger partial charge in [-0.1, -0.05) is 18.6 Å². The summed E-state index contributed by atoms with van der Waals surface area (Å²) in [6.45, 7) is 0. The van der Waals surface area contributed by atoms with Crippen molar-refractivity contribution in [2.45, 2.75) is 37.3 Å². The third-order valence-electron chi connectivity index (χ3n) is 7.48. The highest BCUT2D eigenvalue weighted by molar-refractivity contribution is 5.98. The summed E-state index contributed by atoms with van der Waals surface area (Å²) in [5.74, 6) is 1.92. The lowest BCUT2D eigenvalue weighted by atomic mass is 9.64. The maximum absolute atomic E-state index is 13.4. The van der Waals surface area contributed by atoms with E-state index in [9.17, 15) is 9.90 Å². The molecule has 5 rings (SSSR count). The van der Waals surface area contributed by atoms with Crippen LogP contribution in [0, 0.1) is 5.92 Å². The molecule has 0 spiro atoms. The van der Waals surface area contributed by atoms with Crippen molar-refractivity contribution in [3.8, 4) is 28.7 Å². The van der Waals surface area contributed by atoms with Gasteiger partial charge in [0.05, 0.1) is 34.0 Å². The topological polar surface area (TPSA) is 95.5 Å². The van der Waals surface area contributed by atoms with Crippen LogP contribution in [-0.4, -0.2) is 45.2 Å². The highest BCUT2D eigenvalue weighted by Crippen LogP contribution is 2.57. The number of methoxy groups -OCH3 is 4. The zero-order chi connectivity index (χ0) is 25.4. The lowest BCUT2D eigenvalue weighted by Crippen LogP contribution is -2.66. The highest BCUT2D eigenvalue weighted by Gasteiger charge is 2.58. The molecule has 36 heavy (non-hydrogen) atoms. The summed E-state index contributed by atoms with van der Waals surface area (Å²) >= 11 is 0. The first kappa shape index (κ1) is 23.9. The van der Waals surface area contributed by atoms with Crippen LogP contribution in [0.2, 0.25) is 0 Å². The van der Waals surface area contributed by atoms with Gasteiger partial charge in [-0.3, -0.25) is 4.79 Å². The second-order valence-electron chi connectivity index (χ2n) is 9.21. The van der Waals surface area contributed by atoms with Crippen molar-refractivity contribution in [2.24, 2.45) is 5.92 Å². The molecule has 2 aliphatic heterocycles. The standard InChI is InChI=1S/C28H31NO7/c1-32-20-10-7-8-17-22-18-9-5-6-15-28(18,36-25(17)20)29-27(31)23(22)19(30)13-11-16-12-14-21(33-2)26(35-4)24(16)34-3/h7-8,10-14,18,22,30H,5-6,9,15H2,1-4H3,(H,29,31)/b13-11+,23-19-/t18-,22-,28-/m0/s1. The summed E-state index contributed by atoms with van der Waals surface area (Å²) in [5.41, 5.74) is 1.04. The van der Waals surface area contributed by atoms with E-state index in [4.69, 9.17) is 23.7 Å². The van der Waals surface area contributed by atoms with Crippen LogP contribution in [0.1, 0.15) is 42.7 Å². The predicted octanol–water partition coefficient (Wildman–Crippen LogP) is 4.74. The number of piperidine rings is 1. The van der Waals surface area contributed by atoms with E-state index in [0.29, 0.717) is 46.3 Å². The fraction of sp³-hybridized carbons (Fsp3) is 0.393. The number of benzene rings is 2. The van der Waals surface area contributed by atoms with Crippen LogP contribution in [-0.2, 0) is 4.79 Å². The van der Waals surface area contributed by atoms with Gasteiger partial charge in [-0.25, -0.2) is 0 Å². The second kappa shape index (κ2) is 9.33. The molecule has 1 saturated carbocycles. The highest BCUT2D eigenvalue weighted by atomic mass is 16.5. The minimum atomic E-state index is -0.804. The number of para-hydroxylation sites is 1. The van der Waals surface area contributed by atoms with E-state index >= 15 is 0 Å². The number of ether oxygens (including phenoxy) is 5. The summed E-state index contributed by atoms with van der Waals surface area (Å²) in [4.78, 5) is 13.4. The monoisotopic (exact) mass is 493 g/mol. The molecule has 1 saturated heterocycles. The molecule has 2 bridgehead atoms. The third kappa shape index (κ3) is 3.63. The molecule has 3 atom stereocenters. The molecule has 3 aliphatic rings. The van der Waals surface area contributed by atoms with E-state index in [1.807, 2.05) is 18.2 Å². The predicted molar refractivity (Wildman–Crippen MR) is 134 cm³/mol. The summed E-state index contributed by atoms with van der Waals surface area (Å²) in [6, 6.07) is 9.26. The lowest BCUT2D eigenvalue weighted by molar-refractivity contribution is -0.140. The smallest absolute Gasteiger partial charge is 0.254 e. The van der Waals surface area contributed by atoms with Gasteiger partial charge in [-0.15, -0.1) is 0 Å². The quantitative estimate of drug-likeness (QED) is 0.443. The number of amides is 1. The Kier molecular flexibility index (Phi) is 6.20. The van der Waals surface area contributed by atoms with Gasteiger partial charge in [0.2, 0.25) is 5.75 Å². The summed E-state index contributed by atoms with van der Waals surface area (Å²) in [6.07, 6.45) is 6.82. The molecule has 0 unspecified atom stereocenters. The lowest BCUT2D eigenvalue weighted by Gasteiger charge is -2.54. The number of carbonyl (C=O) groups is 1. The molecule has 2 aromatic rings. The SMILES string of the molecule is COc1cccc2c1O[C@@]13CCCC[C@H]1[C@H]2/C(=C(O)\C=C\c1ccc(OC)c(OC)c1OC)C(=O)N3. The molecule has 8 heteroatoms. The molecule has 0 aromatic heterocycles. The molecule has 0 radical (unpaired) electrons. The van der Waals surface area contributed by atoms with Crippen LogP contribution >= 0.6 is 0 Å². The van der Waals surface area contributed by atoms with E-state index in [-0.39, 0.29) is 23.5 Å². The molecule has 2 fully saturated rings. The Balaban J connectivity index is 1.62. The summed E-state index contributed by atoms with van der Waals surface area (Å²) in [7, 11) is 6.23. The van der Waals surface area contributed by atoms with E-state index in [1.165, 1.54) is 20.3 Å². The fourth-order valence-corrected chi connectivity index (χ4v) is 5.91. The zero-order valence-electron chi connectivity index (χ0n) is 20.9. The Morgan fingerprint density at radius 1 is 1.03 bits per heavy atom. The van der Waals surface area contributed by atoms with Gasteiger partial charge in [-0.2, -0.15) is 0 Å². The fourth-order valence-electron chi connectivity index (χ4n) is 5.91. The normalized spacial score (nSPS) is 25.7. The van der Waals surface area contributed by atoms with Crippen molar-refractivity contribution in [2.75, 3.05) is 28.4 Å². The van der Waals surface area contributed by atoms with Gasteiger partial charge >= 0.3 is 0 Å². The number of fused-ring (bicyclic) bond motifs is 2. The number of hydrogen-bond donors (Lipinski definition) is 2. The van der Waals surface area contributed by atoms with Gasteiger partial charge in [0.1, 0.15) is 5.76 Å². The molecule has 2 aromatic carbocycles. The van der Waals surface area contributed by atoms with Crippen LogP contribution in [0.5, 0.6) is 28.7 Å². The summed E-state index contributed by atoms with van der Waals surface area (Å²) < 4.78 is 28.5. The van der Waals surface area contributed by atoms with Crippen LogP contribution in [0.15, 0.2) is 47.7 Å². The van der Waals surface area contributed by atoms with Crippen LogP contribution < -0.4 is 29.0 Å². The average Bonchev–Trinajstić information content (AvgIpc) is 2.90. The van der Waals surface area contributed by atoms with Gasteiger partial charge in [0.25, 0.3) is 5.91 Å². The van der Waals surface area contributed by atoms with Crippen molar-refractivity contribution in [3.05, 3.63) is 58.9 Å². The number of aliphatic hydroxyl groups excluding tert-OH is 1. The third-order valence-corrected chi connectivity index (χ3v) is 7.48. The van der Waals surface area contributed by atoms with Crippen molar-refractivity contribution in [3.63, 3.8) is 0 Å². The molecule has 2 N–H and O–H groups in total. The Hall–Kier alpha value is -3.81. The maximum atomic E-state index is 13.4. The first-order chi connectivity index (χ1) is 17.5. The first-order valence-electron chi connectivity index (χ1n) is 12.1.